The van der Waals surface area contributed by atoms with E-state index in [9.17, 15) is 5.26 Å². The number of nitrogens with one attached hydrogen (secondary N) is 1. The maximum absolute atomic E-state index is 9.32. The van der Waals surface area contributed by atoms with Crippen molar-refractivity contribution >= 4 is 35.0 Å². The highest BCUT2D eigenvalue weighted by molar-refractivity contribution is 7.80. The third-order valence-corrected chi connectivity index (χ3v) is 3.41. The molecule has 1 aromatic rings. The van der Waals surface area contributed by atoms with Crippen LogP contribution in [0, 0.1) is 11.3 Å². The molecule has 5 nitrogen and oxygen atoms in total. The lowest BCUT2D eigenvalue weighted by molar-refractivity contribution is 0.516. The van der Waals surface area contributed by atoms with Crippen LogP contribution in [0.15, 0.2) is 23.2 Å². The Morgan fingerprint density at radius 1 is 1.48 bits per heavy atom. The van der Waals surface area contributed by atoms with E-state index >= 15 is 0 Å². The van der Waals surface area contributed by atoms with Gasteiger partial charge in [-0.25, -0.2) is 4.99 Å². The van der Waals surface area contributed by atoms with Crippen LogP contribution in [0.25, 0.3) is 0 Å². The molecule has 1 fully saturated rings. The fraction of sp³-hybridized carbons (Fsp3) is 0.400. The Morgan fingerprint density at radius 2 is 2.19 bits per heavy atom. The second-order valence-electron chi connectivity index (χ2n) is 5.92. The van der Waals surface area contributed by atoms with E-state index in [4.69, 9.17) is 12.2 Å². The van der Waals surface area contributed by atoms with Gasteiger partial charge < -0.3 is 15.1 Å². The molecule has 0 bridgehead atoms. The Morgan fingerprint density at radius 3 is 2.71 bits per heavy atom. The minimum atomic E-state index is -0.0639. The van der Waals surface area contributed by atoms with Gasteiger partial charge in [-0.3, -0.25) is 0 Å². The van der Waals surface area contributed by atoms with Gasteiger partial charge in [0.05, 0.1) is 23.1 Å². The molecule has 1 aliphatic rings. The molecule has 110 valence electrons. The highest BCUT2D eigenvalue weighted by atomic mass is 32.1. The predicted molar refractivity (Wildman–Crippen MR) is 90.2 cm³/mol. The van der Waals surface area contributed by atoms with Gasteiger partial charge in [-0.05, 0) is 44.3 Å². The molecule has 0 aliphatic carbocycles. The molecule has 0 spiro atoms. The molecule has 6 heteroatoms. The molecule has 1 aromatic carbocycles. The Balaban J connectivity index is 2.32. The van der Waals surface area contributed by atoms with Crippen molar-refractivity contribution in [3.63, 3.8) is 0 Å². The number of nitrogens with zero attached hydrogens (tertiary/aromatic N) is 4. The second kappa shape index (κ2) is 5.70. The van der Waals surface area contributed by atoms with Gasteiger partial charge in [0.1, 0.15) is 6.07 Å². The molecule has 0 atom stereocenters. The van der Waals surface area contributed by atoms with E-state index in [2.05, 4.69) is 30.2 Å². The van der Waals surface area contributed by atoms with Crippen molar-refractivity contribution in [3.8, 4) is 6.07 Å². The maximum Gasteiger partial charge on any atom is 0.174 e. The van der Waals surface area contributed by atoms with Gasteiger partial charge in [0.25, 0.3) is 0 Å². The van der Waals surface area contributed by atoms with Gasteiger partial charge >= 0.3 is 0 Å². The van der Waals surface area contributed by atoms with Crippen molar-refractivity contribution in [3.05, 3.63) is 23.8 Å². The van der Waals surface area contributed by atoms with E-state index in [-0.39, 0.29) is 5.54 Å². The van der Waals surface area contributed by atoms with Crippen LogP contribution in [0.3, 0.4) is 0 Å². The lowest BCUT2D eigenvalue weighted by atomic mass is 10.1. The van der Waals surface area contributed by atoms with E-state index in [0.29, 0.717) is 16.4 Å². The van der Waals surface area contributed by atoms with Gasteiger partial charge in [-0.2, -0.15) is 5.26 Å². The molecule has 0 radical (unpaired) electrons. The summed E-state index contributed by atoms with van der Waals surface area (Å²) >= 11 is 5.36. The largest absolute Gasteiger partial charge is 0.369 e. The van der Waals surface area contributed by atoms with Crippen LogP contribution in [0.1, 0.15) is 19.4 Å². The summed E-state index contributed by atoms with van der Waals surface area (Å²) in [5, 5.41) is 13.3. The summed E-state index contributed by atoms with van der Waals surface area (Å²) in [6, 6.07) is 7.82. The number of nitriles is 1. The zero-order valence-corrected chi connectivity index (χ0v) is 13.5. The van der Waals surface area contributed by atoms with Crippen molar-refractivity contribution in [1.82, 2.24) is 10.2 Å². The van der Waals surface area contributed by atoms with Crippen molar-refractivity contribution in [2.75, 3.05) is 25.5 Å². The summed E-state index contributed by atoms with van der Waals surface area (Å²) in [5.74, 6) is 0. The molecule has 2 rings (SSSR count). The molecule has 0 saturated carbocycles. The first-order chi connectivity index (χ1) is 9.82. The van der Waals surface area contributed by atoms with E-state index < -0.39 is 0 Å². The Kier molecular flexibility index (Phi) is 4.14. The number of thiocarbonyl (C=S) groups is 1. The van der Waals surface area contributed by atoms with Crippen molar-refractivity contribution in [1.29, 1.82) is 5.26 Å². The van der Waals surface area contributed by atoms with E-state index in [1.54, 1.807) is 6.34 Å². The average Bonchev–Trinajstić information content (AvgIpc) is 2.69. The molecular weight excluding hydrogens is 282 g/mol. The fourth-order valence-corrected chi connectivity index (χ4v) is 2.59. The normalized spacial score (nSPS) is 16.9. The Labute approximate surface area is 130 Å². The topological polar surface area (TPSA) is 54.7 Å². The summed E-state index contributed by atoms with van der Waals surface area (Å²) < 4.78 is 0. The molecule has 1 aliphatic heterocycles. The average molecular weight is 301 g/mol. The third kappa shape index (κ3) is 3.50. The van der Waals surface area contributed by atoms with Crippen molar-refractivity contribution in [2.24, 2.45) is 4.99 Å². The SMILES string of the molecule is CN(C)C=Nc1ccc(N2CC(C)(C)NC2=S)cc1C#N. The monoisotopic (exact) mass is 301 g/mol. The van der Waals surface area contributed by atoms with Gasteiger partial charge in [0.2, 0.25) is 0 Å². The van der Waals surface area contributed by atoms with Gasteiger partial charge in [0.15, 0.2) is 5.11 Å². The van der Waals surface area contributed by atoms with E-state index in [0.717, 1.165) is 12.2 Å². The summed E-state index contributed by atoms with van der Waals surface area (Å²) in [6.07, 6.45) is 1.68. The van der Waals surface area contributed by atoms with Gasteiger partial charge in [0, 0.05) is 26.3 Å². The summed E-state index contributed by atoms with van der Waals surface area (Å²) in [4.78, 5) is 8.14. The predicted octanol–water partition coefficient (Wildman–Crippen LogP) is 2.25. The molecule has 0 aromatic heterocycles. The number of hydrogen-bond acceptors (Lipinski definition) is 3. The molecule has 1 N–H and O–H groups in total. The minimum Gasteiger partial charge on any atom is -0.369 e. The van der Waals surface area contributed by atoms with Crippen LogP contribution in [-0.2, 0) is 0 Å². The standard InChI is InChI=1S/C15H19N5S/c1-15(2)9-20(14(21)18-15)12-5-6-13(11(7-12)8-16)17-10-19(3)4/h5-7,10H,9H2,1-4H3,(H,18,21). The molecule has 1 saturated heterocycles. The highest BCUT2D eigenvalue weighted by Crippen LogP contribution is 2.28. The van der Waals surface area contributed by atoms with Gasteiger partial charge in [-0.1, -0.05) is 0 Å². The Hall–Kier alpha value is -2.13. The Bertz CT molecular complexity index is 627. The first-order valence-electron chi connectivity index (χ1n) is 6.67. The van der Waals surface area contributed by atoms with Crippen LogP contribution in [-0.4, -0.2) is 42.5 Å². The van der Waals surface area contributed by atoms with Crippen LogP contribution < -0.4 is 10.2 Å². The zero-order chi connectivity index (χ0) is 15.6. The summed E-state index contributed by atoms with van der Waals surface area (Å²) in [6.45, 7) is 4.97. The summed E-state index contributed by atoms with van der Waals surface area (Å²) in [7, 11) is 3.78. The zero-order valence-electron chi connectivity index (χ0n) is 12.7. The molecule has 21 heavy (non-hydrogen) atoms. The first-order valence-corrected chi connectivity index (χ1v) is 7.08. The van der Waals surface area contributed by atoms with Crippen LogP contribution in [0.5, 0.6) is 0 Å². The number of benzene rings is 1. The fourth-order valence-electron chi connectivity index (χ4n) is 2.14. The molecule has 1 heterocycles. The first kappa shape index (κ1) is 15.3. The van der Waals surface area contributed by atoms with E-state index in [1.807, 2.05) is 42.1 Å². The number of aliphatic imine (C=N–C) groups is 1. The van der Waals surface area contributed by atoms with Crippen molar-refractivity contribution < 1.29 is 0 Å². The van der Waals surface area contributed by atoms with Crippen LogP contribution in [0.2, 0.25) is 0 Å². The summed E-state index contributed by atoms with van der Waals surface area (Å²) in [5.41, 5.74) is 2.05. The molecule has 0 amide bonds. The smallest absolute Gasteiger partial charge is 0.174 e. The molecule has 0 unspecified atom stereocenters. The maximum atomic E-state index is 9.32. The highest BCUT2D eigenvalue weighted by Gasteiger charge is 2.33. The van der Waals surface area contributed by atoms with E-state index in [1.165, 1.54) is 0 Å². The molecular formula is C15H19N5S. The van der Waals surface area contributed by atoms with Crippen LogP contribution >= 0.6 is 12.2 Å². The lowest BCUT2D eigenvalue weighted by Crippen LogP contribution is -2.36. The lowest BCUT2D eigenvalue weighted by Gasteiger charge is -2.19. The number of rotatable bonds is 3. The van der Waals surface area contributed by atoms with Gasteiger partial charge in [-0.15, -0.1) is 0 Å². The number of hydrogen-bond donors (Lipinski definition) is 1. The van der Waals surface area contributed by atoms with Crippen molar-refractivity contribution in [2.45, 2.75) is 19.4 Å². The number of anilines is 1. The quantitative estimate of drug-likeness (QED) is 0.527. The van der Waals surface area contributed by atoms with Crippen LogP contribution in [0.4, 0.5) is 11.4 Å². The minimum absolute atomic E-state index is 0.0639. The second-order valence-corrected chi connectivity index (χ2v) is 6.31. The third-order valence-electron chi connectivity index (χ3n) is 3.08.